The normalized spacial score (nSPS) is 11.8. The van der Waals surface area contributed by atoms with E-state index < -0.39 is 0 Å². The summed E-state index contributed by atoms with van der Waals surface area (Å²) in [6.07, 6.45) is 10.3. The van der Waals surface area contributed by atoms with Crippen molar-refractivity contribution in [1.29, 1.82) is 0 Å². The fraction of sp³-hybridized carbons (Fsp3) is 0.167. The summed E-state index contributed by atoms with van der Waals surface area (Å²) in [7, 11) is 0. The number of pyridine rings is 2. The first kappa shape index (κ1) is 24.5. The monoisotopic (exact) mass is 506 g/mol. The third-order valence-electron chi connectivity index (χ3n) is 6.15. The molecule has 0 saturated heterocycles. The lowest BCUT2D eigenvalue weighted by Crippen LogP contribution is -2.02. The van der Waals surface area contributed by atoms with Crippen LogP contribution < -0.4 is 5.32 Å². The number of aromatic nitrogens is 5. The summed E-state index contributed by atoms with van der Waals surface area (Å²) in [5.41, 5.74) is 10.9. The molecule has 5 rings (SSSR count). The second-order valence-corrected chi connectivity index (χ2v) is 10.3. The Balaban J connectivity index is 1.50. The highest BCUT2D eigenvalue weighted by Crippen LogP contribution is 2.34. The first-order valence-corrected chi connectivity index (χ1v) is 13.2. The van der Waals surface area contributed by atoms with Gasteiger partial charge in [0.15, 0.2) is 5.65 Å². The van der Waals surface area contributed by atoms with Gasteiger partial charge in [0, 0.05) is 45.9 Å². The second kappa shape index (κ2) is 10.4. The van der Waals surface area contributed by atoms with Crippen LogP contribution in [-0.4, -0.2) is 25.1 Å². The number of H-pyrrole nitrogens is 2. The van der Waals surface area contributed by atoms with Crippen LogP contribution in [0.15, 0.2) is 84.6 Å². The largest absolute Gasteiger partial charge is 0.358 e. The highest BCUT2D eigenvalue weighted by molar-refractivity contribution is 7.08. The lowest BCUT2D eigenvalue weighted by atomic mass is 10.00. The lowest BCUT2D eigenvalue weighted by Gasteiger charge is -2.12. The maximum atomic E-state index is 4.62. The van der Waals surface area contributed by atoms with Gasteiger partial charge in [-0.1, -0.05) is 39.2 Å². The Labute approximate surface area is 220 Å². The molecule has 0 aliphatic carbocycles. The van der Waals surface area contributed by atoms with Crippen molar-refractivity contribution in [2.45, 2.75) is 27.2 Å². The number of nitrogens with one attached hydrogen (secondary N) is 3. The van der Waals surface area contributed by atoms with Crippen LogP contribution in [-0.2, 0) is 0 Å². The minimum atomic E-state index is 0.535. The van der Waals surface area contributed by atoms with E-state index in [-0.39, 0.29) is 0 Å². The number of hydrogen-bond acceptors (Lipinski definition) is 5. The fourth-order valence-corrected chi connectivity index (χ4v) is 5.18. The van der Waals surface area contributed by atoms with Gasteiger partial charge < -0.3 is 10.3 Å². The van der Waals surface area contributed by atoms with Gasteiger partial charge in [-0.15, -0.1) is 0 Å². The Morgan fingerprint density at radius 2 is 2.00 bits per heavy atom. The molecule has 5 heterocycles. The van der Waals surface area contributed by atoms with Crippen molar-refractivity contribution in [3.8, 4) is 22.5 Å². The molecular formula is C30H30N6S. The van der Waals surface area contributed by atoms with Crippen LogP contribution in [0.3, 0.4) is 0 Å². The summed E-state index contributed by atoms with van der Waals surface area (Å²) in [5.74, 6) is 0.535. The van der Waals surface area contributed by atoms with Crippen LogP contribution >= 0.6 is 11.3 Å². The van der Waals surface area contributed by atoms with Crippen molar-refractivity contribution in [3.63, 3.8) is 0 Å². The fourth-order valence-electron chi connectivity index (χ4n) is 4.53. The topological polar surface area (TPSA) is 82.3 Å². The number of aromatic amines is 2. The van der Waals surface area contributed by atoms with E-state index in [2.05, 4.69) is 105 Å². The van der Waals surface area contributed by atoms with Crippen molar-refractivity contribution in [1.82, 2.24) is 25.1 Å². The molecule has 0 unspecified atom stereocenters. The summed E-state index contributed by atoms with van der Waals surface area (Å²) >= 11 is 1.68. The number of rotatable bonds is 9. The van der Waals surface area contributed by atoms with Crippen LogP contribution in [0.5, 0.6) is 0 Å². The number of fused-ring (bicyclic) bond motifs is 1. The van der Waals surface area contributed by atoms with Gasteiger partial charge in [0.05, 0.1) is 23.3 Å². The third kappa shape index (κ3) is 5.17. The van der Waals surface area contributed by atoms with E-state index in [0.29, 0.717) is 11.6 Å². The van der Waals surface area contributed by atoms with Crippen molar-refractivity contribution in [3.05, 3.63) is 101 Å². The Bertz CT molecular complexity index is 1600. The molecule has 7 heteroatoms. The standard InChI is InChI=1S/C30H30N6S/c1-6-7-25(21-8-9-37-17-21)26-13-28(34-20(26)5)29-27-12-23(15-32-30(27)36-35-29)22-11-24(16-31-14-22)33-19(4)10-18(2)3/h6-9,11-18,33-34H,1,4,10H2,2-3,5H3,(H,32,35,36)/b25-7-. The van der Waals surface area contributed by atoms with Gasteiger partial charge in [-0.25, -0.2) is 4.98 Å². The minimum Gasteiger partial charge on any atom is -0.358 e. The van der Waals surface area contributed by atoms with Crippen LogP contribution in [0.1, 0.15) is 37.1 Å². The number of anilines is 1. The SMILES string of the molecule is C=C/C=C(/c1ccsc1)c1cc(-c2[nH]nc3ncc(-c4cncc(NC(=C)CC(C)C)c4)cc23)[nH]c1C. The van der Waals surface area contributed by atoms with Crippen LogP contribution in [0.4, 0.5) is 5.69 Å². The molecule has 186 valence electrons. The van der Waals surface area contributed by atoms with Crippen LogP contribution in [0.2, 0.25) is 0 Å². The van der Waals surface area contributed by atoms with E-state index in [1.54, 1.807) is 11.3 Å². The Kier molecular flexibility index (Phi) is 6.88. The molecule has 0 aromatic carbocycles. The number of aryl methyl sites for hydroxylation is 1. The molecule has 6 nitrogen and oxygen atoms in total. The Hall–Kier alpha value is -4.23. The van der Waals surface area contributed by atoms with Gasteiger partial charge in [0.25, 0.3) is 0 Å². The highest BCUT2D eigenvalue weighted by Gasteiger charge is 2.17. The summed E-state index contributed by atoms with van der Waals surface area (Å²) in [6.45, 7) is 14.5. The number of thiophene rings is 1. The minimum absolute atomic E-state index is 0.535. The summed E-state index contributed by atoms with van der Waals surface area (Å²) < 4.78 is 0. The summed E-state index contributed by atoms with van der Waals surface area (Å²) in [5, 5.41) is 16.2. The molecule has 3 N–H and O–H groups in total. The van der Waals surface area contributed by atoms with Gasteiger partial charge in [0.1, 0.15) is 0 Å². The van der Waals surface area contributed by atoms with E-state index in [4.69, 9.17) is 0 Å². The van der Waals surface area contributed by atoms with Crippen molar-refractivity contribution in [2.75, 3.05) is 5.32 Å². The molecule has 0 saturated carbocycles. The molecule has 5 aromatic rings. The predicted octanol–water partition coefficient (Wildman–Crippen LogP) is 7.97. The first-order valence-electron chi connectivity index (χ1n) is 12.2. The maximum absolute atomic E-state index is 4.62. The Morgan fingerprint density at radius 3 is 2.76 bits per heavy atom. The average molecular weight is 507 g/mol. The van der Waals surface area contributed by atoms with Gasteiger partial charge in [-0.3, -0.25) is 10.1 Å². The van der Waals surface area contributed by atoms with E-state index in [9.17, 15) is 0 Å². The number of nitrogens with zero attached hydrogens (tertiary/aromatic N) is 3. The van der Waals surface area contributed by atoms with Crippen molar-refractivity contribution >= 4 is 33.6 Å². The number of allylic oxidation sites excluding steroid dienone is 3. The zero-order chi connectivity index (χ0) is 25.9. The van der Waals surface area contributed by atoms with Gasteiger partial charge in [-0.2, -0.15) is 16.4 Å². The molecule has 0 bridgehead atoms. The molecule has 0 aliphatic rings. The summed E-state index contributed by atoms with van der Waals surface area (Å²) in [6, 6.07) is 8.47. The number of hydrogen-bond donors (Lipinski definition) is 3. The van der Waals surface area contributed by atoms with Gasteiger partial charge in [-0.05, 0) is 65.4 Å². The maximum Gasteiger partial charge on any atom is 0.181 e. The molecule has 0 aliphatic heterocycles. The van der Waals surface area contributed by atoms with E-state index >= 15 is 0 Å². The van der Waals surface area contributed by atoms with Crippen molar-refractivity contribution < 1.29 is 0 Å². The quantitative estimate of drug-likeness (QED) is 0.177. The van der Waals surface area contributed by atoms with Crippen LogP contribution in [0.25, 0.3) is 39.1 Å². The second-order valence-electron chi connectivity index (χ2n) is 9.53. The zero-order valence-corrected chi connectivity index (χ0v) is 22.1. The Morgan fingerprint density at radius 1 is 1.16 bits per heavy atom. The first-order chi connectivity index (χ1) is 17.9. The predicted molar refractivity (Wildman–Crippen MR) is 155 cm³/mol. The molecule has 37 heavy (non-hydrogen) atoms. The molecule has 0 amide bonds. The zero-order valence-electron chi connectivity index (χ0n) is 21.3. The molecular weight excluding hydrogens is 476 g/mol. The van der Waals surface area contributed by atoms with Crippen molar-refractivity contribution in [2.24, 2.45) is 5.92 Å². The molecule has 5 aromatic heterocycles. The lowest BCUT2D eigenvalue weighted by molar-refractivity contribution is 0.645. The molecule has 0 fully saturated rings. The van der Waals surface area contributed by atoms with E-state index in [1.807, 2.05) is 24.7 Å². The smallest absolute Gasteiger partial charge is 0.181 e. The third-order valence-corrected chi connectivity index (χ3v) is 6.83. The molecule has 0 atom stereocenters. The molecule has 0 spiro atoms. The van der Waals surface area contributed by atoms with Gasteiger partial charge in [0.2, 0.25) is 0 Å². The highest BCUT2D eigenvalue weighted by atomic mass is 32.1. The van der Waals surface area contributed by atoms with E-state index in [1.165, 1.54) is 5.56 Å². The van der Waals surface area contributed by atoms with Gasteiger partial charge >= 0.3 is 0 Å². The molecule has 0 radical (unpaired) electrons. The van der Waals surface area contributed by atoms with E-state index in [0.717, 1.165) is 62.5 Å². The average Bonchev–Trinajstić information content (AvgIpc) is 3.62. The van der Waals surface area contributed by atoms with Crippen LogP contribution in [0, 0.1) is 12.8 Å². The summed E-state index contributed by atoms with van der Waals surface area (Å²) in [4.78, 5) is 12.6.